The van der Waals surface area contributed by atoms with E-state index < -0.39 is 0 Å². The molecule has 88 valence electrons. The molecule has 2 aliphatic rings. The van der Waals surface area contributed by atoms with Gasteiger partial charge in [0.05, 0.1) is 0 Å². The van der Waals surface area contributed by atoms with Crippen LogP contribution < -0.4 is 5.73 Å². The molecule has 0 aromatic carbocycles. The molecule has 1 aliphatic carbocycles. The van der Waals surface area contributed by atoms with Crippen molar-refractivity contribution >= 4 is 0 Å². The van der Waals surface area contributed by atoms with Crippen molar-refractivity contribution in [3.05, 3.63) is 0 Å². The molecule has 0 unspecified atom stereocenters. The molecular weight excluding hydrogens is 184 g/mol. The third-order valence-corrected chi connectivity index (χ3v) is 4.65. The average Bonchev–Trinajstić information content (AvgIpc) is 2.14. The Hall–Kier alpha value is -0.0800. The van der Waals surface area contributed by atoms with Crippen LogP contribution in [-0.2, 0) is 0 Å². The van der Waals surface area contributed by atoms with Crippen LogP contribution in [0.15, 0.2) is 0 Å². The summed E-state index contributed by atoms with van der Waals surface area (Å²) >= 11 is 0. The van der Waals surface area contributed by atoms with Crippen LogP contribution in [0.5, 0.6) is 0 Å². The van der Waals surface area contributed by atoms with Crippen LogP contribution in [0, 0.1) is 11.8 Å². The van der Waals surface area contributed by atoms with E-state index in [0.717, 1.165) is 25.0 Å². The topological polar surface area (TPSA) is 29.3 Å². The number of nitrogens with zero attached hydrogens (tertiary/aromatic N) is 1. The molecule has 0 amide bonds. The Morgan fingerprint density at radius 2 is 1.67 bits per heavy atom. The van der Waals surface area contributed by atoms with Crippen LogP contribution in [0.4, 0.5) is 0 Å². The predicted octanol–water partition coefficient (Wildman–Crippen LogP) is 2.23. The van der Waals surface area contributed by atoms with Crippen LogP contribution in [0.3, 0.4) is 0 Å². The van der Waals surface area contributed by atoms with Crippen LogP contribution in [-0.4, -0.2) is 29.6 Å². The van der Waals surface area contributed by atoms with Crippen molar-refractivity contribution in [2.45, 2.75) is 58.0 Å². The predicted molar refractivity (Wildman–Crippen MR) is 64.7 cm³/mol. The van der Waals surface area contributed by atoms with E-state index in [1.807, 2.05) is 0 Å². The SMILES string of the molecule is CC1CCC(N2CC(N)(C(C)C)C2)CC1. The van der Waals surface area contributed by atoms with Gasteiger partial charge in [0.2, 0.25) is 0 Å². The summed E-state index contributed by atoms with van der Waals surface area (Å²) in [6, 6.07) is 0.844. The van der Waals surface area contributed by atoms with Gasteiger partial charge >= 0.3 is 0 Å². The average molecular weight is 210 g/mol. The van der Waals surface area contributed by atoms with Gasteiger partial charge in [-0.1, -0.05) is 20.8 Å². The van der Waals surface area contributed by atoms with Gasteiger partial charge in [-0.05, 0) is 37.5 Å². The minimum absolute atomic E-state index is 0.114. The zero-order valence-electron chi connectivity index (χ0n) is 10.5. The molecule has 0 spiro atoms. The Bertz CT molecular complexity index is 211. The molecule has 2 heteroatoms. The van der Waals surface area contributed by atoms with Crippen molar-refractivity contribution in [1.82, 2.24) is 4.90 Å². The summed E-state index contributed by atoms with van der Waals surface area (Å²) in [6.07, 6.45) is 5.63. The third kappa shape index (κ3) is 2.21. The monoisotopic (exact) mass is 210 g/mol. The van der Waals surface area contributed by atoms with E-state index in [1.54, 1.807) is 0 Å². The highest BCUT2D eigenvalue weighted by Gasteiger charge is 2.44. The summed E-state index contributed by atoms with van der Waals surface area (Å²) in [4.78, 5) is 2.62. The number of hydrogen-bond donors (Lipinski definition) is 1. The van der Waals surface area contributed by atoms with Crippen LogP contribution in [0.1, 0.15) is 46.5 Å². The van der Waals surface area contributed by atoms with Gasteiger partial charge in [0.15, 0.2) is 0 Å². The summed E-state index contributed by atoms with van der Waals surface area (Å²) in [5, 5.41) is 0. The minimum Gasteiger partial charge on any atom is -0.323 e. The second kappa shape index (κ2) is 4.06. The Balaban J connectivity index is 1.79. The summed E-state index contributed by atoms with van der Waals surface area (Å²) in [7, 11) is 0. The number of likely N-dealkylation sites (tertiary alicyclic amines) is 1. The fourth-order valence-electron chi connectivity index (χ4n) is 2.94. The maximum atomic E-state index is 6.33. The van der Waals surface area contributed by atoms with Gasteiger partial charge in [-0.2, -0.15) is 0 Å². The number of nitrogens with two attached hydrogens (primary N) is 1. The molecule has 2 nitrogen and oxygen atoms in total. The second-order valence-corrected chi connectivity index (χ2v) is 6.21. The molecule has 1 saturated carbocycles. The van der Waals surface area contributed by atoms with E-state index in [4.69, 9.17) is 5.73 Å². The third-order valence-electron chi connectivity index (χ3n) is 4.65. The lowest BCUT2D eigenvalue weighted by atomic mass is 9.77. The Morgan fingerprint density at radius 3 is 2.13 bits per heavy atom. The lowest BCUT2D eigenvalue weighted by molar-refractivity contribution is -0.0130. The molecule has 1 saturated heterocycles. The van der Waals surface area contributed by atoms with Crippen LogP contribution in [0.25, 0.3) is 0 Å². The van der Waals surface area contributed by atoms with Crippen molar-refractivity contribution < 1.29 is 0 Å². The smallest absolute Gasteiger partial charge is 0.0435 e. The molecule has 0 aromatic heterocycles. The zero-order valence-corrected chi connectivity index (χ0v) is 10.5. The first kappa shape index (κ1) is 11.4. The summed E-state index contributed by atoms with van der Waals surface area (Å²) in [5.41, 5.74) is 6.44. The molecule has 0 radical (unpaired) electrons. The van der Waals surface area contributed by atoms with Crippen molar-refractivity contribution in [2.75, 3.05) is 13.1 Å². The lowest BCUT2D eigenvalue weighted by Gasteiger charge is -2.54. The molecule has 1 aliphatic heterocycles. The zero-order chi connectivity index (χ0) is 11.1. The minimum atomic E-state index is 0.114. The van der Waals surface area contributed by atoms with E-state index in [1.165, 1.54) is 25.7 Å². The van der Waals surface area contributed by atoms with Crippen molar-refractivity contribution in [1.29, 1.82) is 0 Å². The summed E-state index contributed by atoms with van der Waals surface area (Å²) in [5.74, 6) is 1.58. The Labute approximate surface area is 94.2 Å². The first-order valence-corrected chi connectivity index (χ1v) is 6.54. The van der Waals surface area contributed by atoms with Crippen LogP contribution >= 0.6 is 0 Å². The van der Waals surface area contributed by atoms with E-state index in [-0.39, 0.29) is 5.54 Å². The van der Waals surface area contributed by atoms with Crippen LogP contribution in [0.2, 0.25) is 0 Å². The molecule has 0 bridgehead atoms. The number of hydrogen-bond acceptors (Lipinski definition) is 2. The lowest BCUT2D eigenvalue weighted by Crippen LogP contribution is -2.72. The fraction of sp³-hybridized carbons (Fsp3) is 1.00. The summed E-state index contributed by atoms with van der Waals surface area (Å²) < 4.78 is 0. The molecule has 2 N–H and O–H groups in total. The van der Waals surface area contributed by atoms with E-state index in [9.17, 15) is 0 Å². The Kier molecular flexibility index (Phi) is 3.09. The summed E-state index contributed by atoms with van der Waals surface area (Å²) in [6.45, 7) is 9.14. The first-order valence-electron chi connectivity index (χ1n) is 6.54. The Morgan fingerprint density at radius 1 is 1.13 bits per heavy atom. The van der Waals surface area contributed by atoms with Gasteiger partial charge < -0.3 is 5.73 Å². The number of rotatable bonds is 2. The normalized spacial score (nSPS) is 36.6. The van der Waals surface area contributed by atoms with Gasteiger partial charge in [-0.3, -0.25) is 4.90 Å². The maximum absolute atomic E-state index is 6.33. The van der Waals surface area contributed by atoms with Crippen molar-refractivity contribution in [2.24, 2.45) is 17.6 Å². The highest BCUT2D eigenvalue weighted by atomic mass is 15.3. The largest absolute Gasteiger partial charge is 0.323 e. The van der Waals surface area contributed by atoms with E-state index >= 15 is 0 Å². The second-order valence-electron chi connectivity index (χ2n) is 6.21. The first-order chi connectivity index (χ1) is 7.01. The molecule has 15 heavy (non-hydrogen) atoms. The maximum Gasteiger partial charge on any atom is 0.0435 e. The van der Waals surface area contributed by atoms with Gasteiger partial charge in [0.25, 0.3) is 0 Å². The van der Waals surface area contributed by atoms with E-state index in [2.05, 4.69) is 25.7 Å². The molecule has 0 aromatic rings. The highest BCUT2D eigenvalue weighted by Crippen LogP contribution is 2.34. The standard InChI is InChI=1S/C13H26N2/c1-10(2)13(14)8-15(9-13)12-6-4-11(3)5-7-12/h10-12H,4-9,14H2,1-3H3. The molecule has 2 fully saturated rings. The molecule has 1 heterocycles. The van der Waals surface area contributed by atoms with Gasteiger partial charge in [-0.25, -0.2) is 0 Å². The molecule has 0 atom stereocenters. The van der Waals surface area contributed by atoms with Crippen molar-refractivity contribution in [3.8, 4) is 0 Å². The van der Waals surface area contributed by atoms with Gasteiger partial charge in [0.1, 0.15) is 0 Å². The van der Waals surface area contributed by atoms with Gasteiger partial charge in [0, 0.05) is 24.7 Å². The fourth-order valence-corrected chi connectivity index (χ4v) is 2.94. The van der Waals surface area contributed by atoms with Gasteiger partial charge in [-0.15, -0.1) is 0 Å². The van der Waals surface area contributed by atoms with Crippen molar-refractivity contribution in [3.63, 3.8) is 0 Å². The quantitative estimate of drug-likeness (QED) is 0.757. The van der Waals surface area contributed by atoms with E-state index in [0.29, 0.717) is 5.92 Å². The molecule has 2 rings (SSSR count). The molecular formula is C13H26N2. The highest BCUT2D eigenvalue weighted by molar-refractivity contribution is 5.04.